The molecule has 9 nitrogen and oxygen atoms in total. The fraction of sp³-hybridized carbons (Fsp3) is 0.524. The molecule has 1 atom stereocenters. The number of aryl methyl sites for hydroxylation is 2. The maximum absolute atomic E-state index is 12.6. The van der Waals surface area contributed by atoms with E-state index >= 15 is 0 Å². The Hall–Kier alpha value is -3.10. The van der Waals surface area contributed by atoms with Gasteiger partial charge in [-0.15, -0.1) is 0 Å². The van der Waals surface area contributed by atoms with E-state index in [0.29, 0.717) is 18.3 Å². The summed E-state index contributed by atoms with van der Waals surface area (Å²) in [5.74, 6) is 2.78. The number of anilines is 1. The third-order valence-electron chi connectivity index (χ3n) is 6.18. The van der Waals surface area contributed by atoms with E-state index in [-0.39, 0.29) is 12.0 Å². The minimum atomic E-state index is 0.171. The zero-order valence-electron chi connectivity index (χ0n) is 17.4. The third-order valence-corrected chi connectivity index (χ3v) is 6.18. The van der Waals surface area contributed by atoms with Crippen molar-refractivity contribution < 1.29 is 4.79 Å². The van der Waals surface area contributed by atoms with Crippen LogP contribution in [0.4, 0.5) is 5.82 Å². The minimum Gasteiger partial charge on any atom is -0.364 e. The van der Waals surface area contributed by atoms with Crippen molar-refractivity contribution in [3.05, 3.63) is 24.5 Å². The molecule has 5 rings (SSSR count). The summed E-state index contributed by atoms with van der Waals surface area (Å²) >= 11 is 0. The number of fused-ring (bicyclic) bond motifs is 1. The second-order valence-corrected chi connectivity index (χ2v) is 8.14. The number of likely N-dealkylation sites (tertiary alicyclic amines) is 1. The summed E-state index contributed by atoms with van der Waals surface area (Å²) in [5, 5.41) is 3.52. The molecule has 0 unspecified atom stereocenters. The van der Waals surface area contributed by atoms with Crippen molar-refractivity contribution in [1.82, 2.24) is 34.4 Å². The lowest BCUT2D eigenvalue weighted by Crippen LogP contribution is -2.38. The second kappa shape index (κ2) is 7.62. The molecule has 0 bridgehead atoms. The molecule has 1 aliphatic heterocycles. The van der Waals surface area contributed by atoms with Gasteiger partial charge < -0.3 is 14.8 Å². The van der Waals surface area contributed by atoms with Crippen molar-refractivity contribution in [2.45, 2.75) is 52.1 Å². The molecule has 2 aliphatic rings. The van der Waals surface area contributed by atoms with Crippen molar-refractivity contribution in [2.75, 3.05) is 18.4 Å². The molecule has 9 heteroatoms. The van der Waals surface area contributed by atoms with Crippen LogP contribution in [0.2, 0.25) is 0 Å². The van der Waals surface area contributed by atoms with E-state index in [9.17, 15) is 4.79 Å². The van der Waals surface area contributed by atoms with Crippen LogP contribution in [-0.2, 0) is 11.3 Å². The van der Waals surface area contributed by atoms with Crippen molar-refractivity contribution in [3.63, 3.8) is 0 Å². The smallest absolute Gasteiger partial charge is 0.225 e. The number of carbonyl (C=O) groups is 1. The number of hydrogen-bond donors (Lipinski definition) is 1. The quantitative estimate of drug-likeness (QED) is 0.694. The van der Waals surface area contributed by atoms with Gasteiger partial charge in [0.2, 0.25) is 5.91 Å². The summed E-state index contributed by atoms with van der Waals surface area (Å²) in [6.45, 7) is 6.17. The second-order valence-electron chi connectivity index (χ2n) is 8.14. The molecule has 0 aromatic carbocycles. The molecule has 1 saturated heterocycles. The predicted molar refractivity (Wildman–Crippen MR) is 113 cm³/mol. The summed E-state index contributed by atoms with van der Waals surface area (Å²) in [6, 6.07) is 0.171. The molecule has 1 amide bonds. The molecule has 2 fully saturated rings. The maximum Gasteiger partial charge on any atom is 0.225 e. The van der Waals surface area contributed by atoms with Gasteiger partial charge in [0.1, 0.15) is 18.0 Å². The van der Waals surface area contributed by atoms with Crippen LogP contribution in [0.25, 0.3) is 22.6 Å². The highest BCUT2D eigenvalue weighted by atomic mass is 16.2. The van der Waals surface area contributed by atoms with Gasteiger partial charge in [-0.05, 0) is 33.1 Å². The first-order chi connectivity index (χ1) is 14.6. The molecule has 0 spiro atoms. The van der Waals surface area contributed by atoms with Crippen LogP contribution in [-0.4, -0.2) is 59.4 Å². The number of amides is 1. The lowest BCUT2D eigenvalue weighted by Gasteiger charge is -2.29. The molecule has 156 valence electrons. The van der Waals surface area contributed by atoms with E-state index in [2.05, 4.69) is 36.7 Å². The molecule has 30 heavy (non-hydrogen) atoms. The highest BCUT2D eigenvalue weighted by Crippen LogP contribution is 2.31. The van der Waals surface area contributed by atoms with Crippen molar-refractivity contribution in [2.24, 2.45) is 5.92 Å². The van der Waals surface area contributed by atoms with E-state index in [4.69, 9.17) is 4.98 Å². The Bertz CT molecular complexity index is 1070. The number of nitrogens with one attached hydrogen (secondary N) is 1. The van der Waals surface area contributed by atoms with Gasteiger partial charge >= 0.3 is 0 Å². The van der Waals surface area contributed by atoms with Crippen molar-refractivity contribution in [1.29, 1.82) is 0 Å². The van der Waals surface area contributed by atoms with Crippen LogP contribution in [0.1, 0.15) is 38.4 Å². The van der Waals surface area contributed by atoms with Gasteiger partial charge in [0.05, 0.1) is 5.56 Å². The Labute approximate surface area is 175 Å². The van der Waals surface area contributed by atoms with Crippen LogP contribution in [0.5, 0.6) is 0 Å². The number of carbonyl (C=O) groups excluding carboxylic acids is 1. The number of nitrogens with zero attached hydrogens (tertiary/aromatic N) is 7. The monoisotopic (exact) mass is 406 g/mol. The van der Waals surface area contributed by atoms with Gasteiger partial charge in [-0.1, -0.05) is 6.42 Å². The van der Waals surface area contributed by atoms with Gasteiger partial charge in [0.25, 0.3) is 0 Å². The largest absolute Gasteiger partial charge is 0.364 e. The molecule has 0 radical (unpaired) electrons. The lowest BCUT2D eigenvalue weighted by atomic mass is 9.84. The van der Waals surface area contributed by atoms with Crippen LogP contribution in [0.15, 0.2) is 18.7 Å². The van der Waals surface area contributed by atoms with Gasteiger partial charge in [0, 0.05) is 44.0 Å². The molecule has 1 N–H and O–H groups in total. The van der Waals surface area contributed by atoms with Gasteiger partial charge in [-0.2, -0.15) is 0 Å². The fourth-order valence-corrected chi connectivity index (χ4v) is 4.26. The number of aromatic nitrogens is 6. The summed E-state index contributed by atoms with van der Waals surface area (Å²) < 4.78 is 2.05. The molecular formula is C21H26N8O. The number of rotatable bonds is 5. The molecule has 1 saturated carbocycles. The Morgan fingerprint density at radius 2 is 1.97 bits per heavy atom. The third kappa shape index (κ3) is 3.28. The zero-order valence-corrected chi connectivity index (χ0v) is 17.4. The minimum absolute atomic E-state index is 0.171. The molecule has 3 aromatic heterocycles. The van der Waals surface area contributed by atoms with Crippen LogP contribution in [0.3, 0.4) is 0 Å². The number of imidazole rings is 1. The molecule has 4 heterocycles. The predicted octanol–water partition coefficient (Wildman–Crippen LogP) is 2.42. The van der Waals surface area contributed by atoms with Crippen LogP contribution < -0.4 is 5.32 Å². The summed E-state index contributed by atoms with van der Waals surface area (Å²) in [5.41, 5.74) is 2.37. The van der Waals surface area contributed by atoms with Gasteiger partial charge in [0.15, 0.2) is 17.0 Å². The molecule has 1 aliphatic carbocycles. The van der Waals surface area contributed by atoms with E-state index < -0.39 is 0 Å². The molecule has 3 aromatic rings. The Morgan fingerprint density at radius 1 is 1.17 bits per heavy atom. The fourth-order valence-electron chi connectivity index (χ4n) is 4.26. The first-order valence-electron chi connectivity index (χ1n) is 10.7. The lowest BCUT2D eigenvalue weighted by molar-refractivity contribution is -0.137. The van der Waals surface area contributed by atoms with Crippen molar-refractivity contribution >= 4 is 22.9 Å². The summed E-state index contributed by atoms with van der Waals surface area (Å²) in [6.07, 6.45) is 9.32. The van der Waals surface area contributed by atoms with Gasteiger partial charge in [-0.25, -0.2) is 24.9 Å². The first-order valence-corrected chi connectivity index (χ1v) is 10.7. The zero-order chi connectivity index (χ0) is 20.7. The van der Waals surface area contributed by atoms with E-state index in [1.807, 2.05) is 11.8 Å². The standard InChI is InChI=1S/C21H26N8O/c1-3-29-19(15-9-22-13(2)23-10-15)27-17-18(24-12-25-20(17)29)26-16-7-8-28(11-16)21(30)14-5-4-6-14/h9-10,12,14,16H,3-8,11H2,1-2H3,(H,24,25,26)/t16-/m0/s1. The SMILES string of the molecule is CCn1c(-c2cnc(C)nc2)nc2c(N[C@H]3CCN(C(=O)C4CCC4)C3)ncnc21. The van der Waals surface area contributed by atoms with Gasteiger partial charge in [-0.3, -0.25) is 4.79 Å². The topological polar surface area (TPSA) is 102 Å². The highest BCUT2D eigenvalue weighted by molar-refractivity contribution is 5.86. The maximum atomic E-state index is 12.6. The Morgan fingerprint density at radius 3 is 2.67 bits per heavy atom. The molecular weight excluding hydrogens is 380 g/mol. The Balaban J connectivity index is 1.41. The average molecular weight is 406 g/mol. The van der Waals surface area contributed by atoms with E-state index in [0.717, 1.165) is 60.7 Å². The van der Waals surface area contributed by atoms with E-state index in [1.54, 1.807) is 18.7 Å². The van der Waals surface area contributed by atoms with Crippen LogP contribution in [0, 0.1) is 12.8 Å². The van der Waals surface area contributed by atoms with Crippen LogP contribution >= 0.6 is 0 Å². The highest BCUT2D eigenvalue weighted by Gasteiger charge is 2.34. The summed E-state index contributed by atoms with van der Waals surface area (Å²) in [4.78, 5) is 36.9. The average Bonchev–Trinajstić information content (AvgIpc) is 3.32. The number of hydrogen-bond acceptors (Lipinski definition) is 7. The Kier molecular flexibility index (Phi) is 4.80. The first kappa shape index (κ1) is 18.9. The van der Waals surface area contributed by atoms with Crippen molar-refractivity contribution in [3.8, 4) is 11.4 Å². The normalized spacial score (nSPS) is 19.3. The summed E-state index contributed by atoms with van der Waals surface area (Å²) in [7, 11) is 0. The van der Waals surface area contributed by atoms with E-state index in [1.165, 1.54) is 6.42 Å².